The molecule has 1 aliphatic rings. The van der Waals surface area contributed by atoms with Gasteiger partial charge in [0.15, 0.2) is 5.69 Å². The number of likely N-dealkylation sites (tertiary alicyclic amines) is 1. The minimum Gasteiger partial charge on any atom is -0.378 e. The van der Waals surface area contributed by atoms with E-state index in [1.165, 1.54) is 22.9 Å². The molecule has 32 heavy (non-hydrogen) atoms. The number of aromatic nitrogens is 5. The average molecular weight is 462 g/mol. The van der Waals surface area contributed by atoms with E-state index >= 15 is 0 Å². The maximum absolute atomic E-state index is 13.9. The van der Waals surface area contributed by atoms with Gasteiger partial charge < -0.3 is 5.73 Å². The van der Waals surface area contributed by atoms with Gasteiger partial charge in [0, 0.05) is 18.2 Å². The van der Waals surface area contributed by atoms with Crippen LogP contribution in [0.15, 0.2) is 27.9 Å². The van der Waals surface area contributed by atoms with Crippen molar-refractivity contribution in [3.8, 4) is 5.82 Å². The normalized spacial score (nSPS) is 17.2. The summed E-state index contributed by atoms with van der Waals surface area (Å²) in [5.41, 5.74) is 8.71. The van der Waals surface area contributed by atoms with Gasteiger partial charge in [-0.3, -0.25) is 9.69 Å². The molecule has 1 atom stereocenters. The second-order valence-corrected chi connectivity index (χ2v) is 7.83. The summed E-state index contributed by atoms with van der Waals surface area (Å²) in [6, 6.07) is 4.56. The van der Waals surface area contributed by atoms with E-state index < -0.39 is 11.7 Å². The summed E-state index contributed by atoms with van der Waals surface area (Å²) in [7, 11) is 0. The summed E-state index contributed by atoms with van der Waals surface area (Å²) >= 11 is 5.98. The molecule has 168 valence electrons. The lowest BCUT2D eigenvalue weighted by molar-refractivity contribution is 0.0945. The number of carbonyl (C=O) groups is 1. The average Bonchev–Trinajstić information content (AvgIpc) is 3.37. The Bertz CT molecular complexity index is 1130. The van der Waals surface area contributed by atoms with Crippen molar-refractivity contribution in [1.82, 2.24) is 35.6 Å². The number of carbonyl (C=O) groups excluding carboxylic acids is 1. The molecule has 3 aromatic rings. The molecule has 1 saturated heterocycles. The summed E-state index contributed by atoms with van der Waals surface area (Å²) in [5.74, 6) is -1.04. The lowest BCUT2D eigenvalue weighted by Gasteiger charge is -2.33. The Labute approximate surface area is 187 Å². The Balaban J connectivity index is 1.61. The van der Waals surface area contributed by atoms with E-state index in [9.17, 15) is 9.18 Å². The first-order valence-electron chi connectivity index (χ1n) is 10.00. The number of halogens is 2. The summed E-state index contributed by atoms with van der Waals surface area (Å²) in [6.07, 6.45) is 4.38. The number of hydrogen-bond acceptors (Lipinski definition) is 9. The van der Waals surface area contributed by atoms with E-state index in [4.69, 9.17) is 17.3 Å². The molecule has 1 amide bonds. The van der Waals surface area contributed by atoms with Crippen LogP contribution in [0.25, 0.3) is 5.82 Å². The monoisotopic (exact) mass is 461 g/mol. The fourth-order valence-electron chi connectivity index (χ4n) is 3.56. The Hall–Kier alpha value is -3.38. The van der Waals surface area contributed by atoms with Crippen molar-refractivity contribution >= 4 is 29.5 Å². The second kappa shape index (κ2) is 9.40. The van der Waals surface area contributed by atoms with E-state index in [0.29, 0.717) is 18.3 Å². The van der Waals surface area contributed by atoms with Gasteiger partial charge in [-0.15, -0.1) is 5.10 Å². The summed E-state index contributed by atoms with van der Waals surface area (Å²) in [4.78, 5) is 15.1. The van der Waals surface area contributed by atoms with E-state index in [0.717, 1.165) is 32.0 Å². The molecule has 0 unspecified atom stereocenters. The molecule has 3 heterocycles. The maximum Gasteiger partial charge on any atom is 0.293 e. The number of nitrogens with two attached hydrogens (primary N) is 1. The highest BCUT2D eigenvalue weighted by Crippen LogP contribution is 2.23. The van der Waals surface area contributed by atoms with Gasteiger partial charge in [0.1, 0.15) is 5.82 Å². The molecule has 0 saturated carbocycles. The third kappa shape index (κ3) is 4.46. The number of nitrogens with zero attached hydrogens (tertiary/aromatic N) is 7. The quantitative estimate of drug-likeness (QED) is 0.420. The van der Waals surface area contributed by atoms with Crippen LogP contribution in [0.1, 0.15) is 47.9 Å². The number of anilines is 1. The zero-order valence-corrected chi connectivity index (χ0v) is 18.0. The van der Waals surface area contributed by atoms with Gasteiger partial charge in [-0.2, -0.15) is 9.78 Å². The molecule has 1 aliphatic heterocycles. The van der Waals surface area contributed by atoms with E-state index in [-0.39, 0.29) is 27.9 Å². The molecule has 11 nitrogen and oxygen atoms in total. The van der Waals surface area contributed by atoms with Gasteiger partial charge in [0.25, 0.3) is 5.91 Å². The van der Waals surface area contributed by atoms with Crippen molar-refractivity contribution in [1.29, 1.82) is 0 Å². The molecular weight excluding hydrogens is 441 g/mol. The van der Waals surface area contributed by atoms with Gasteiger partial charge in [0.05, 0.1) is 16.9 Å². The molecule has 0 bridgehead atoms. The van der Waals surface area contributed by atoms with Crippen LogP contribution in [0.3, 0.4) is 0 Å². The zero-order valence-electron chi connectivity index (χ0n) is 17.2. The number of rotatable bonds is 6. The van der Waals surface area contributed by atoms with Crippen molar-refractivity contribution in [2.24, 2.45) is 5.10 Å². The van der Waals surface area contributed by atoms with Crippen LogP contribution in [0.4, 0.5) is 10.2 Å². The smallest absolute Gasteiger partial charge is 0.293 e. The third-order valence-electron chi connectivity index (χ3n) is 5.33. The topological polar surface area (TPSA) is 140 Å². The van der Waals surface area contributed by atoms with Crippen LogP contribution in [0, 0.1) is 5.82 Å². The van der Waals surface area contributed by atoms with Crippen LogP contribution in [-0.4, -0.2) is 54.9 Å². The first-order chi connectivity index (χ1) is 15.5. The first kappa shape index (κ1) is 21.8. The van der Waals surface area contributed by atoms with Crippen LogP contribution >= 0.6 is 11.6 Å². The van der Waals surface area contributed by atoms with Gasteiger partial charge >= 0.3 is 0 Å². The fraction of sp³-hybridized carbons (Fsp3) is 0.368. The van der Waals surface area contributed by atoms with Crippen LogP contribution in [0.5, 0.6) is 0 Å². The molecule has 1 aromatic carbocycles. The molecular formula is C19H21ClFN9O2. The highest BCUT2D eigenvalue weighted by Gasteiger charge is 2.28. The summed E-state index contributed by atoms with van der Waals surface area (Å²) < 4.78 is 19.9. The highest BCUT2D eigenvalue weighted by molar-refractivity contribution is 6.33. The second-order valence-electron chi connectivity index (χ2n) is 7.42. The van der Waals surface area contributed by atoms with E-state index in [1.54, 1.807) is 0 Å². The fourth-order valence-corrected chi connectivity index (χ4v) is 3.77. The van der Waals surface area contributed by atoms with Gasteiger partial charge in [-0.05, 0) is 48.8 Å². The van der Waals surface area contributed by atoms with Crippen LogP contribution in [-0.2, 0) is 6.54 Å². The Morgan fingerprint density at radius 1 is 1.44 bits per heavy atom. The Morgan fingerprint density at radius 3 is 3.00 bits per heavy atom. The highest BCUT2D eigenvalue weighted by atomic mass is 35.5. The van der Waals surface area contributed by atoms with Crippen molar-refractivity contribution in [3.63, 3.8) is 0 Å². The molecule has 0 spiro atoms. The van der Waals surface area contributed by atoms with Crippen LogP contribution < -0.4 is 11.2 Å². The predicted octanol–water partition coefficient (Wildman–Crippen LogP) is 2.16. The Kier molecular flexibility index (Phi) is 6.42. The zero-order chi connectivity index (χ0) is 22.7. The van der Waals surface area contributed by atoms with Gasteiger partial charge in [-0.1, -0.05) is 29.3 Å². The summed E-state index contributed by atoms with van der Waals surface area (Å²) in [6.45, 7) is 3.37. The lowest BCUT2D eigenvalue weighted by atomic mass is 10.0. The third-order valence-corrected chi connectivity index (χ3v) is 5.66. The Morgan fingerprint density at radius 2 is 2.28 bits per heavy atom. The maximum atomic E-state index is 13.9. The minimum absolute atomic E-state index is 0.0158. The van der Waals surface area contributed by atoms with Crippen molar-refractivity contribution in [2.45, 2.75) is 38.8 Å². The number of hydrogen-bond donors (Lipinski definition) is 2. The minimum atomic E-state index is -0.630. The SMILES string of the molecule is C[C@@H]1CCCCN1Cc1c(C(=O)N/N=C/c2c(F)cccc2Cl)nnn1-c1nonc1N. The van der Waals surface area contributed by atoms with Gasteiger partial charge in [-0.25, -0.2) is 14.4 Å². The van der Waals surface area contributed by atoms with E-state index in [2.05, 4.69) is 47.6 Å². The molecule has 0 radical (unpaired) electrons. The lowest BCUT2D eigenvalue weighted by Crippen LogP contribution is -2.38. The number of nitrogens with one attached hydrogen (secondary N) is 1. The summed E-state index contributed by atoms with van der Waals surface area (Å²) in [5, 5.41) is 19.4. The number of benzene rings is 1. The number of amides is 1. The number of piperidine rings is 1. The van der Waals surface area contributed by atoms with Crippen molar-refractivity contribution in [2.75, 3.05) is 12.3 Å². The molecule has 1 fully saturated rings. The molecule has 13 heteroatoms. The molecule has 4 rings (SSSR count). The predicted molar refractivity (Wildman–Crippen MR) is 114 cm³/mol. The van der Waals surface area contributed by atoms with Gasteiger partial charge in [0.2, 0.25) is 11.6 Å². The van der Waals surface area contributed by atoms with Crippen LogP contribution in [0.2, 0.25) is 5.02 Å². The number of hydrazone groups is 1. The van der Waals surface area contributed by atoms with Crippen molar-refractivity contribution in [3.05, 3.63) is 46.0 Å². The largest absolute Gasteiger partial charge is 0.378 e. The van der Waals surface area contributed by atoms with E-state index in [1.807, 2.05) is 0 Å². The standard InChI is InChI=1S/C19H21ClFN9O2/c1-11-5-2-3-8-29(11)10-15-16(24-28-30(15)18-17(22)26-32-27-18)19(31)25-23-9-12-13(20)6-4-7-14(12)21/h4,6-7,9,11H,2-3,5,8,10H2,1H3,(H2,22,26)(H,25,31)/b23-9+/t11-/m1/s1. The molecule has 2 aromatic heterocycles. The molecule has 0 aliphatic carbocycles. The number of nitrogen functional groups attached to an aromatic ring is 1. The molecule has 3 N–H and O–H groups in total. The first-order valence-corrected chi connectivity index (χ1v) is 10.4. The van der Waals surface area contributed by atoms with Crippen molar-refractivity contribution < 1.29 is 13.8 Å².